The lowest BCUT2D eigenvalue weighted by Gasteiger charge is -2.39. The zero-order valence-electron chi connectivity index (χ0n) is 17.0. The van der Waals surface area contributed by atoms with Gasteiger partial charge < -0.3 is 23.8 Å². The molecule has 0 bridgehead atoms. The first-order valence-electron chi connectivity index (χ1n) is 9.10. The molecular formula is C21H22F3NO5. The van der Waals surface area contributed by atoms with Crippen LogP contribution in [0.15, 0.2) is 30.3 Å². The van der Waals surface area contributed by atoms with Gasteiger partial charge >= 0.3 is 12.1 Å². The summed E-state index contributed by atoms with van der Waals surface area (Å²) in [6.07, 6.45) is -4.84. The van der Waals surface area contributed by atoms with Gasteiger partial charge in [0.25, 0.3) is 0 Å². The van der Waals surface area contributed by atoms with Gasteiger partial charge in [0.15, 0.2) is 11.5 Å². The lowest BCUT2D eigenvalue weighted by atomic mass is 9.86. The van der Waals surface area contributed by atoms with Gasteiger partial charge in [0.2, 0.25) is 5.75 Å². The molecule has 1 amide bonds. The molecule has 1 atom stereocenters. The van der Waals surface area contributed by atoms with E-state index in [1.165, 1.54) is 28.4 Å². The maximum absolute atomic E-state index is 13.4. The Morgan fingerprint density at radius 3 is 2.27 bits per heavy atom. The van der Waals surface area contributed by atoms with E-state index < -0.39 is 18.1 Å². The summed E-state index contributed by atoms with van der Waals surface area (Å²) in [5.41, 5.74) is 1.61. The molecule has 0 saturated heterocycles. The second-order valence-electron chi connectivity index (χ2n) is 6.64. The number of hydrogen-bond donors (Lipinski definition) is 0. The molecule has 0 fully saturated rings. The molecule has 6 nitrogen and oxygen atoms in total. The average molecular weight is 425 g/mol. The Kier molecular flexibility index (Phi) is 6.00. The van der Waals surface area contributed by atoms with Gasteiger partial charge in [0.1, 0.15) is 5.75 Å². The molecule has 0 aromatic heterocycles. The topological polar surface area (TPSA) is 57.2 Å². The Balaban J connectivity index is 2.28. The highest BCUT2D eigenvalue weighted by Crippen LogP contribution is 2.48. The van der Waals surface area contributed by atoms with E-state index in [9.17, 15) is 18.0 Å². The molecule has 0 unspecified atom stereocenters. The van der Waals surface area contributed by atoms with Crippen molar-refractivity contribution in [2.75, 3.05) is 35.0 Å². The van der Waals surface area contributed by atoms with Crippen LogP contribution in [0.5, 0.6) is 23.0 Å². The van der Waals surface area contributed by atoms with E-state index in [-0.39, 0.29) is 13.0 Å². The Morgan fingerprint density at radius 2 is 1.70 bits per heavy atom. The third-order valence-electron chi connectivity index (χ3n) is 5.09. The number of halogens is 3. The number of fused-ring (bicyclic) bond motifs is 1. The number of alkyl halides is 3. The van der Waals surface area contributed by atoms with E-state index in [0.717, 1.165) is 4.90 Å². The van der Waals surface area contributed by atoms with E-state index in [4.69, 9.17) is 18.9 Å². The van der Waals surface area contributed by atoms with Crippen LogP contribution < -0.4 is 18.9 Å². The molecule has 3 rings (SSSR count). The van der Waals surface area contributed by atoms with Gasteiger partial charge in [-0.3, -0.25) is 4.79 Å². The van der Waals surface area contributed by atoms with Gasteiger partial charge in [-0.15, -0.1) is 0 Å². The second-order valence-corrected chi connectivity index (χ2v) is 6.64. The summed E-state index contributed by atoms with van der Waals surface area (Å²) in [4.78, 5) is 13.1. The largest absolute Gasteiger partial charge is 0.497 e. The minimum absolute atomic E-state index is 0.140. The van der Waals surface area contributed by atoms with E-state index in [1.54, 1.807) is 30.3 Å². The minimum atomic E-state index is -5.00. The van der Waals surface area contributed by atoms with Crippen molar-refractivity contribution in [3.63, 3.8) is 0 Å². The summed E-state index contributed by atoms with van der Waals surface area (Å²) in [6.45, 7) is -0.140. The predicted octanol–water partition coefficient (Wildman–Crippen LogP) is 3.76. The summed E-state index contributed by atoms with van der Waals surface area (Å²) < 4.78 is 61.6. The van der Waals surface area contributed by atoms with Crippen molar-refractivity contribution in [1.82, 2.24) is 4.90 Å². The quantitative estimate of drug-likeness (QED) is 0.730. The number of hydrogen-bond acceptors (Lipinski definition) is 5. The lowest BCUT2D eigenvalue weighted by molar-refractivity contribution is -0.187. The van der Waals surface area contributed by atoms with Gasteiger partial charge in [0.05, 0.1) is 34.5 Å². The third kappa shape index (κ3) is 3.71. The highest BCUT2D eigenvalue weighted by molar-refractivity contribution is 5.83. The van der Waals surface area contributed by atoms with Gasteiger partial charge in [-0.2, -0.15) is 13.2 Å². The van der Waals surface area contributed by atoms with Crippen molar-refractivity contribution in [3.05, 3.63) is 47.0 Å². The lowest BCUT2D eigenvalue weighted by Crippen LogP contribution is -2.47. The fourth-order valence-electron chi connectivity index (χ4n) is 3.82. The SMILES string of the molecule is COc1cccc([C@H]2c3cc(OC)c(OC)c(OC)c3CCN2C(=O)C(F)(F)F)c1. The van der Waals surface area contributed by atoms with Crippen LogP contribution in [0.3, 0.4) is 0 Å². The van der Waals surface area contributed by atoms with E-state index in [2.05, 4.69) is 0 Å². The van der Waals surface area contributed by atoms with Gasteiger partial charge in [-0.05, 0) is 35.7 Å². The average Bonchev–Trinajstić information content (AvgIpc) is 2.75. The van der Waals surface area contributed by atoms with Crippen molar-refractivity contribution in [2.24, 2.45) is 0 Å². The molecule has 2 aromatic rings. The second kappa shape index (κ2) is 8.33. The summed E-state index contributed by atoms with van der Waals surface area (Å²) in [7, 11) is 5.79. The van der Waals surface area contributed by atoms with Crippen LogP contribution in [-0.4, -0.2) is 52.0 Å². The highest BCUT2D eigenvalue weighted by atomic mass is 19.4. The summed E-state index contributed by atoms with van der Waals surface area (Å²) in [6, 6.07) is 7.19. The number of ether oxygens (including phenoxy) is 4. The van der Waals surface area contributed by atoms with Crippen LogP contribution in [0, 0.1) is 0 Å². The highest BCUT2D eigenvalue weighted by Gasteiger charge is 2.47. The van der Waals surface area contributed by atoms with Gasteiger partial charge in [-0.25, -0.2) is 0 Å². The number of amides is 1. The van der Waals surface area contributed by atoms with Crippen LogP contribution in [0.1, 0.15) is 22.7 Å². The van der Waals surface area contributed by atoms with Crippen LogP contribution in [0.25, 0.3) is 0 Å². The van der Waals surface area contributed by atoms with Crippen LogP contribution in [-0.2, 0) is 11.2 Å². The number of benzene rings is 2. The normalized spacial score (nSPS) is 16.0. The molecule has 1 aliphatic rings. The molecule has 30 heavy (non-hydrogen) atoms. The zero-order chi connectivity index (χ0) is 22.1. The van der Waals surface area contributed by atoms with Crippen LogP contribution in [0.4, 0.5) is 13.2 Å². The van der Waals surface area contributed by atoms with Crippen molar-refractivity contribution in [1.29, 1.82) is 0 Å². The Morgan fingerprint density at radius 1 is 1.00 bits per heavy atom. The Hall–Kier alpha value is -3.10. The molecule has 0 spiro atoms. The fourth-order valence-corrected chi connectivity index (χ4v) is 3.82. The smallest absolute Gasteiger partial charge is 0.471 e. The van der Waals surface area contributed by atoms with Crippen molar-refractivity contribution in [2.45, 2.75) is 18.6 Å². The summed E-state index contributed by atoms with van der Waals surface area (Å²) in [5.74, 6) is -0.430. The van der Waals surface area contributed by atoms with Crippen LogP contribution >= 0.6 is 0 Å². The molecule has 0 N–H and O–H groups in total. The van der Waals surface area contributed by atoms with Crippen LogP contribution in [0.2, 0.25) is 0 Å². The number of carbonyl (C=O) groups excluding carboxylic acids is 1. The van der Waals surface area contributed by atoms with E-state index in [1.807, 2.05) is 0 Å². The number of rotatable bonds is 5. The van der Waals surface area contributed by atoms with E-state index >= 15 is 0 Å². The van der Waals surface area contributed by atoms with E-state index in [0.29, 0.717) is 39.7 Å². The molecular weight excluding hydrogens is 403 g/mol. The fraction of sp³-hybridized carbons (Fsp3) is 0.381. The third-order valence-corrected chi connectivity index (χ3v) is 5.09. The van der Waals surface area contributed by atoms with Crippen molar-refractivity contribution in [3.8, 4) is 23.0 Å². The predicted molar refractivity (Wildman–Crippen MR) is 102 cm³/mol. The molecule has 9 heteroatoms. The first-order chi connectivity index (χ1) is 14.3. The Bertz CT molecular complexity index is 945. The first kappa shape index (κ1) is 21.6. The molecule has 1 aliphatic heterocycles. The molecule has 1 heterocycles. The standard InChI is InChI=1S/C21H22F3NO5/c1-27-13-7-5-6-12(10-13)17-15-11-16(28-2)19(30-4)18(29-3)14(15)8-9-25(17)20(26)21(22,23)24/h5-7,10-11,17H,8-9H2,1-4H3/t17-/m0/s1. The number of methoxy groups -OCH3 is 4. The van der Waals surface area contributed by atoms with Gasteiger partial charge in [0, 0.05) is 12.1 Å². The molecule has 0 radical (unpaired) electrons. The van der Waals surface area contributed by atoms with Gasteiger partial charge in [-0.1, -0.05) is 12.1 Å². The van der Waals surface area contributed by atoms with Crippen molar-refractivity contribution >= 4 is 5.91 Å². The summed E-state index contributed by atoms with van der Waals surface area (Å²) in [5, 5.41) is 0. The van der Waals surface area contributed by atoms with Crippen molar-refractivity contribution < 1.29 is 36.9 Å². The zero-order valence-corrected chi connectivity index (χ0v) is 17.0. The molecule has 162 valence electrons. The number of carbonyl (C=O) groups is 1. The monoisotopic (exact) mass is 425 g/mol. The number of nitrogens with zero attached hydrogens (tertiary/aromatic N) is 1. The molecule has 0 aliphatic carbocycles. The summed E-state index contributed by atoms with van der Waals surface area (Å²) >= 11 is 0. The maximum Gasteiger partial charge on any atom is 0.471 e. The molecule has 0 saturated carbocycles. The minimum Gasteiger partial charge on any atom is -0.497 e. The maximum atomic E-state index is 13.4. The Labute approximate surface area is 172 Å². The first-order valence-corrected chi connectivity index (χ1v) is 9.10. The molecule has 2 aromatic carbocycles.